The van der Waals surface area contributed by atoms with Crippen LogP contribution in [0.2, 0.25) is 0 Å². The monoisotopic (exact) mass is 531 g/mol. The highest BCUT2D eigenvalue weighted by atomic mass is 35.5. The summed E-state index contributed by atoms with van der Waals surface area (Å²) in [6.45, 7) is 6.14. The molecule has 0 aromatic heterocycles. The lowest BCUT2D eigenvalue weighted by Crippen LogP contribution is -2.32. The molecule has 1 aliphatic heterocycles. The maximum atomic E-state index is 13.1. The molecule has 3 aromatic carbocycles. The van der Waals surface area contributed by atoms with Crippen LogP contribution in [0.25, 0.3) is 0 Å². The molecule has 3 amide bonds. The molecule has 4 rings (SSSR count). The Morgan fingerprint density at radius 3 is 2.29 bits per heavy atom. The largest absolute Gasteiger partial charge is 0.462 e. The first-order valence-electron chi connectivity index (χ1n) is 12.0. The summed E-state index contributed by atoms with van der Waals surface area (Å²) in [6, 6.07) is 18.0. The van der Waals surface area contributed by atoms with Crippen molar-refractivity contribution in [2.24, 2.45) is 0 Å². The number of ether oxygens (including phenoxy) is 1. The number of imide groups is 1. The summed E-state index contributed by atoms with van der Waals surface area (Å²) in [5, 5.41) is 5.45. The van der Waals surface area contributed by atoms with Crippen molar-refractivity contribution in [3.05, 3.63) is 99.7 Å². The van der Waals surface area contributed by atoms with Crippen molar-refractivity contribution in [2.75, 3.05) is 22.1 Å². The summed E-state index contributed by atoms with van der Waals surface area (Å²) in [4.78, 5) is 51.7. The second kappa shape index (κ2) is 11.3. The Labute approximate surface area is 225 Å². The number of amides is 3. The molecule has 0 fully saturated rings. The van der Waals surface area contributed by atoms with E-state index in [-0.39, 0.29) is 22.3 Å². The van der Waals surface area contributed by atoms with Gasteiger partial charge in [0.15, 0.2) is 0 Å². The van der Waals surface area contributed by atoms with Gasteiger partial charge in [0.25, 0.3) is 17.7 Å². The third kappa shape index (κ3) is 5.60. The molecule has 0 spiro atoms. The van der Waals surface area contributed by atoms with E-state index >= 15 is 0 Å². The average Bonchev–Trinajstić information content (AvgIpc) is 3.12. The number of carbonyl (C=O) groups excluding carboxylic acids is 4. The third-order valence-electron chi connectivity index (χ3n) is 5.98. The van der Waals surface area contributed by atoms with E-state index < -0.39 is 17.8 Å². The number of esters is 1. The molecule has 0 aliphatic carbocycles. The molecular weight excluding hydrogens is 506 g/mol. The number of benzene rings is 3. The SMILES string of the molecule is CCCOC(=O)c1ccc(N2C(=O)C(Cl)=C(Nc3cccc(C(=O)Nc4ccc(C)c(C)c4)c3)C2=O)cc1. The zero-order valence-electron chi connectivity index (χ0n) is 21.1. The molecule has 38 heavy (non-hydrogen) atoms. The summed E-state index contributed by atoms with van der Waals surface area (Å²) < 4.78 is 5.10. The van der Waals surface area contributed by atoms with Crippen molar-refractivity contribution < 1.29 is 23.9 Å². The Morgan fingerprint density at radius 1 is 0.868 bits per heavy atom. The summed E-state index contributed by atoms with van der Waals surface area (Å²) >= 11 is 6.25. The number of nitrogens with zero attached hydrogens (tertiary/aromatic N) is 1. The van der Waals surface area contributed by atoms with Gasteiger partial charge in [-0.2, -0.15) is 0 Å². The minimum absolute atomic E-state index is 0.116. The molecule has 1 heterocycles. The lowest BCUT2D eigenvalue weighted by Gasteiger charge is -2.15. The molecule has 0 bridgehead atoms. The van der Waals surface area contributed by atoms with Crippen LogP contribution >= 0.6 is 11.6 Å². The van der Waals surface area contributed by atoms with Crippen molar-refractivity contribution in [3.8, 4) is 0 Å². The lowest BCUT2D eigenvalue weighted by molar-refractivity contribution is -0.120. The van der Waals surface area contributed by atoms with E-state index in [2.05, 4.69) is 10.6 Å². The quantitative estimate of drug-likeness (QED) is 0.291. The Morgan fingerprint density at radius 2 is 1.61 bits per heavy atom. The standard InChI is InChI=1S/C29H26ClN3O5/c1-4-14-38-29(37)19-9-12-23(13-10-19)33-27(35)24(30)25(28(33)36)31-21-7-5-6-20(16-21)26(34)32-22-11-8-17(2)18(3)15-22/h5-13,15-16,31H,4,14H2,1-3H3,(H,32,34). The molecule has 8 nitrogen and oxygen atoms in total. The van der Waals surface area contributed by atoms with Gasteiger partial charge < -0.3 is 15.4 Å². The van der Waals surface area contributed by atoms with Crippen LogP contribution in [0.3, 0.4) is 0 Å². The summed E-state index contributed by atoms with van der Waals surface area (Å²) in [7, 11) is 0. The molecule has 0 saturated carbocycles. The van der Waals surface area contributed by atoms with Crippen LogP contribution in [0.1, 0.15) is 45.2 Å². The number of anilines is 3. The second-order valence-corrected chi connectivity index (χ2v) is 9.15. The van der Waals surface area contributed by atoms with Gasteiger partial charge in [0, 0.05) is 16.9 Å². The Hall–Kier alpha value is -4.43. The minimum Gasteiger partial charge on any atom is -0.462 e. The van der Waals surface area contributed by atoms with Gasteiger partial charge in [0.2, 0.25) is 0 Å². The fraction of sp³-hybridized carbons (Fsp3) is 0.172. The number of halogens is 1. The van der Waals surface area contributed by atoms with Gasteiger partial charge in [-0.25, -0.2) is 9.69 Å². The molecule has 0 radical (unpaired) electrons. The number of hydrogen-bond donors (Lipinski definition) is 2. The van der Waals surface area contributed by atoms with Gasteiger partial charge in [-0.3, -0.25) is 14.4 Å². The van der Waals surface area contributed by atoms with Crippen LogP contribution in [0.15, 0.2) is 77.5 Å². The number of rotatable bonds is 8. The molecular formula is C29H26ClN3O5. The van der Waals surface area contributed by atoms with Crippen molar-refractivity contribution in [2.45, 2.75) is 27.2 Å². The van der Waals surface area contributed by atoms with E-state index in [9.17, 15) is 19.2 Å². The van der Waals surface area contributed by atoms with E-state index in [1.165, 1.54) is 24.3 Å². The van der Waals surface area contributed by atoms with Crippen molar-refractivity contribution >= 4 is 52.4 Å². The molecule has 1 aliphatic rings. The van der Waals surface area contributed by atoms with Crippen LogP contribution in [0.5, 0.6) is 0 Å². The van der Waals surface area contributed by atoms with Crippen molar-refractivity contribution in [1.29, 1.82) is 0 Å². The smallest absolute Gasteiger partial charge is 0.338 e. The van der Waals surface area contributed by atoms with E-state index in [1.54, 1.807) is 24.3 Å². The van der Waals surface area contributed by atoms with E-state index in [4.69, 9.17) is 16.3 Å². The normalized spacial score (nSPS) is 13.1. The Kier molecular flexibility index (Phi) is 7.93. The highest BCUT2D eigenvalue weighted by Crippen LogP contribution is 2.30. The number of hydrogen-bond acceptors (Lipinski definition) is 6. The van der Waals surface area contributed by atoms with E-state index in [0.29, 0.717) is 35.5 Å². The molecule has 0 unspecified atom stereocenters. The first-order chi connectivity index (χ1) is 18.2. The Bertz CT molecular complexity index is 1460. The van der Waals surface area contributed by atoms with Crippen molar-refractivity contribution in [3.63, 3.8) is 0 Å². The third-order valence-corrected chi connectivity index (χ3v) is 6.34. The zero-order valence-corrected chi connectivity index (χ0v) is 21.9. The molecule has 2 N–H and O–H groups in total. The lowest BCUT2D eigenvalue weighted by atomic mass is 10.1. The van der Waals surface area contributed by atoms with Crippen LogP contribution in [0, 0.1) is 13.8 Å². The summed E-state index contributed by atoms with van der Waals surface area (Å²) in [5.41, 5.74) is 4.04. The van der Waals surface area contributed by atoms with E-state index in [1.807, 2.05) is 39.0 Å². The highest BCUT2D eigenvalue weighted by molar-refractivity contribution is 6.53. The number of aryl methyl sites for hydroxylation is 2. The van der Waals surface area contributed by atoms with Crippen LogP contribution < -0.4 is 15.5 Å². The number of carbonyl (C=O) groups is 4. The first kappa shape index (κ1) is 26.6. The predicted molar refractivity (Wildman–Crippen MR) is 146 cm³/mol. The van der Waals surface area contributed by atoms with Crippen LogP contribution in [-0.4, -0.2) is 30.3 Å². The zero-order chi connectivity index (χ0) is 27.4. The van der Waals surface area contributed by atoms with Gasteiger partial charge in [-0.05, 0) is 86.0 Å². The fourth-order valence-electron chi connectivity index (χ4n) is 3.78. The maximum absolute atomic E-state index is 13.1. The first-order valence-corrected chi connectivity index (χ1v) is 12.4. The van der Waals surface area contributed by atoms with Crippen LogP contribution in [0.4, 0.5) is 17.1 Å². The van der Waals surface area contributed by atoms with Gasteiger partial charge in [0.05, 0.1) is 17.9 Å². The molecule has 3 aromatic rings. The number of nitrogens with one attached hydrogen (secondary N) is 2. The molecule has 0 saturated heterocycles. The topological polar surface area (TPSA) is 105 Å². The molecule has 0 atom stereocenters. The van der Waals surface area contributed by atoms with Gasteiger partial charge >= 0.3 is 5.97 Å². The highest BCUT2D eigenvalue weighted by Gasteiger charge is 2.39. The molecule has 194 valence electrons. The van der Waals surface area contributed by atoms with Gasteiger partial charge in [0.1, 0.15) is 10.7 Å². The van der Waals surface area contributed by atoms with Gasteiger partial charge in [-0.15, -0.1) is 0 Å². The molecule has 9 heteroatoms. The fourth-order valence-corrected chi connectivity index (χ4v) is 3.99. The van der Waals surface area contributed by atoms with E-state index in [0.717, 1.165) is 16.0 Å². The average molecular weight is 532 g/mol. The maximum Gasteiger partial charge on any atom is 0.338 e. The van der Waals surface area contributed by atoms with Crippen molar-refractivity contribution in [1.82, 2.24) is 0 Å². The summed E-state index contributed by atoms with van der Waals surface area (Å²) in [6.07, 6.45) is 0.695. The summed E-state index contributed by atoms with van der Waals surface area (Å²) in [5.74, 6) is -2.18. The second-order valence-electron chi connectivity index (χ2n) is 8.78. The van der Waals surface area contributed by atoms with Crippen LogP contribution in [-0.2, 0) is 14.3 Å². The van der Waals surface area contributed by atoms with Gasteiger partial charge in [-0.1, -0.05) is 30.7 Å². The Balaban J connectivity index is 1.48. The predicted octanol–water partition coefficient (Wildman–Crippen LogP) is 5.56. The minimum atomic E-state index is -0.705.